The summed E-state index contributed by atoms with van der Waals surface area (Å²) in [6.07, 6.45) is 0. The minimum Gasteiger partial charge on any atom is -0.468 e. The lowest BCUT2D eigenvalue weighted by molar-refractivity contribution is -0.139. The molecule has 0 aliphatic rings. The molecule has 1 N–H and O–H groups in total. The SMILES string of the molecule is COC(=O)[C@H](C)SCC(=O)Nc1ccccc1. The average molecular weight is 253 g/mol. The van der Waals surface area contributed by atoms with E-state index in [1.165, 1.54) is 18.9 Å². The van der Waals surface area contributed by atoms with Gasteiger partial charge in [-0.15, -0.1) is 11.8 Å². The summed E-state index contributed by atoms with van der Waals surface area (Å²) in [5, 5.41) is 2.41. The number of hydrogen-bond acceptors (Lipinski definition) is 4. The fourth-order valence-corrected chi connectivity index (χ4v) is 1.86. The maximum Gasteiger partial charge on any atom is 0.318 e. The number of rotatable bonds is 5. The Morgan fingerprint density at radius 1 is 1.35 bits per heavy atom. The van der Waals surface area contributed by atoms with Gasteiger partial charge in [0.05, 0.1) is 12.9 Å². The third-order valence-corrected chi connectivity index (χ3v) is 3.18. The van der Waals surface area contributed by atoms with E-state index in [0.717, 1.165) is 5.69 Å². The first-order valence-electron chi connectivity index (χ1n) is 5.18. The van der Waals surface area contributed by atoms with Crippen LogP contribution < -0.4 is 5.32 Å². The molecular weight excluding hydrogens is 238 g/mol. The number of benzene rings is 1. The summed E-state index contributed by atoms with van der Waals surface area (Å²) in [6, 6.07) is 9.20. The molecule has 0 saturated carbocycles. The number of carbonyl (C=O) groups is 2. The molecule has 0 bridgehead atoms. The van der Waals surface area contributed by atoms with Crippen molar-refractivity contribution >= 4 is 29.3 Å². The largest absolute Gasteiger partial charge is 0.468 e. The molecule has 0 unspecified atom stereocenters. The van der Waals surface area contributed by atoms with Gasteiger partial charge in [-0.1, -0.05) is 18.2 Å². The van der Waals surface area contributed by atoms with Crippen LogP contribution in [-0.4, -0.2) is 30.0 Å². The van der Waals surface area contributed by atoms with E-state index in [0.29, 0.717) is 0 Å². The number of thioether (sulfide) groups is 1. The smallest absolute Gasteiger partial charge is 0.318 e. The van der Waals surface area contributed by atoms with E-state index < -0.39 is 0 Å². The molecule has 0 heterocycles. The molecule has 0 aromatic heterocycles. The highest BCUT2D eigenvalue weighted by Gasteiger charge is 2.15. The second kappa shape index (κ2) is 6.96. The van der Waals surface area contributed by atoms with Crippen molar-refractivity contribution in [2.24, 2.45) is 0 Å². The van der Waals surface area contributed by atoms with Crippen molar-refractivity contribution in [2.75, 3.05) is 18.2 Å². The number of ether oxygens (including phenoxy) is 1. The molecule has 5 heteroatoms. The first kappa shape index (κ1) is 13.6. The number of anilines is 1. The van der Waals surface area contributed by atoms with Crippen LogP contribution in [0.1, 0.15) is 6.92 Å². The highest BCUT2D eigenvalue weighted by atomic mass is 32.2. The number of carbonyl (C=O) groups excluding carboxylic acids is 2. The maximum atomic E-state index is 11.5. The van der Waals surface area contributed by atoms with Crippen molar-refractivity contribution in [1.29, 1.82) is 0 Å². The van der Waals surface area contributed by atoms with Gasteiger partial charge in [0.2, 0.25) is 5.91 Å². The van der Waals surface area contributed by atoms with E-state index in [9.17, 15) is 9.59 Å². The van der Waals surface area contributed by atoms with Crippen LogP contribution in [0.15, 0.2) is 30.3 Å². The Kier molecular flexibility index (Phi) is 5.56. The van der Waals surface area contributed by atoms with Gasteiger partial charge in [-0.25, -0.2) is 0 Å². The third kappa shape index (κ3) is 4.91. The van der Waals surface area contributed by atoms with Crippen LogP contribution >= 0.6 is 11.8 Å². The second-order valence-electron chi connectivity index (χ2n) is 3.39. The normalized spacial score (nSPS) is 11.6. The molecule has 92 valence electrons. The number of methoxy groups -OCH3 is 1. The standard InChI is InChI=1S/C12H15NO3S/c1-9(12(15)16-2)17-8-11(14)13-10-6-4-3-5-7-10/h3-7,9H,8H2,1-2H3,(H,13,14)/t9-/m0/s1. The van der Waals surface area contributed by atoms with Gasteiger partial charge in [0.25, 0.3) is 0 Å². The number of nitrogens with one attached hydrogen (secondary N) is 1. The van der Waals surface area contributed by atoms with Crippen LogP contribution in [-0.2, 0) is 14.3 Å². The van der Waals surface area contributed by atoms with Gasteiger partial charge in [0.1, 0.15) is 5.25 Å². The number of para-hydroxylation sites is 1. The van der Waals surface area contributed by atoms with Crippen molar-refractivity contribution in [3.63, 3.8) is 0 Å². The van der Waals surface area contributed by atoms with E-state index in [-0.39, 0.29) is 22.9 Å². The minimum atomic E-state index is -0.332. The molecular formula is C12H15NO3S. The first-order chi connectivity index (χ1) is 8.13. The predicted molar refractivity (Wildman–Crippen MR) is 69.0 cm³/mol. The van der Waals surface area contributed by atoms with Crippen molar-refractivity contribution in [3.8, 4) is 0 Å². The Hall–Kier alpha value is -1.49. The molecule has 1 rings (SSSR count). The molecule has 0 aliphatic heterocycles. The van der Waals surface area contributed by atoms with Crippen LogP contribution in [0.4, 0.5) is 5.69 Å². The van der Waals surface area contributed by atoms with Crippen LogP contribution in [0.5, 0.6) is 0 Å². The van der Waals surface area contributed by atoms with Gasteiger partial charge in [0.15, 0.2) is 0 Å². The number of amides is 1. The molecule has 0 fully saturated rings. The van der Waals surface area contributed by atoms with Crippen LogP contribution in [0.2, 0.25) is 0 Å². The summed E-state index contributed by atoms with van der Waals surface area (Å²) in [5.41, 5.74) is 0.754. The molecule has 0 radical (unpaired) electrons. The Bertz CT molecular complexity index is 381. The molecule has 0 aliphatic carbocycles. The number of hydrogen-bond donors (Lipinski definition) is 1. The Morgan fingerprint density at radius 3 is 2.59 bits per heavy atom. The number of esters is 1. The van der Waals surface area contributed by atoms with E-state index in [1.807, 2.05) is 30.3 Å². The average Bonchev–Trinajstić information content (AvgIpc) is 2.36. The Labute approximate surface area is 105 Å². The molecule has 17 heavy (non-hydrogen) atoms. The topological polar surface area (TPSA) is 55.4 Å². The van der Waals surface area contributed by atoms with Gasteiger partial charge in [-0.2, -0.15) is 0 Å². The fourth-order valence-electron chi connectivity index (χ4n) is 1.15. The summed E-state index contributed by atoms with van der Waals surface area (Å²) in [6.45, 7) is 1.71. The van der Waals surface area contributed by atoms with Crippen LogP contribution in [0.3, 0.4) is 0 Å². The minimum absolute atomic E-state index is 0.128. The van der Waals surface area contributed by atoms with E-state index >= 15 is 0 Å². The Morgan fingerprint density at radius 2 is 2.00 bits per heavy atom. The maximum absolute atomic E-state index is 11.5. The van der Waals surface area contributed by atoms with Crippen molar-refractivity contribution in [1.82, 2.24) is 0 Å². The lowest BCUT2D eigenvalue weighted by atomic mass is 10.3. The molecule has 1 atom stereocenters. The fraction of sp³-hybridized carbons (Fsp3) is 0.333. The molecule has 1 aromatic carbocycles. The van der Waals surface area contributed by atoms with E-state index in [4.69, 9.17) is 0 Å². The van der Waals surface area contributed by atoms with Gasteiger partial charge >= 0.3 is 5.97 Å². The second-order valence-corrected chi connectivity index (χ2v) is 4.72. The third-order valence-electron chi connectivity index (χ3n) is 2.06. The van der Waals surface area contributed by atoms with Gasteiger partial charge in [-0.3, -0.25) is 9.59 Å². The van der Waals surface area contributed by atoms with Gasteiger partial charge in [0, 0.05) is 5.69 Å². The van der Waals surface area contributed by atoms with Gasteiger partial charge in [-0.05, 0) is 19.1 Å². The van der Waals surface area contributed by atoms with E-state index in [2.05, 4.69) is 10.1 Å². The highest BCUT2D eigenvalue weighted by Crippen LogP contribution is 2.13. The van der Waals surface area contributed by atoms with Crippen molar-refractivity contribution < 1.29 is 14.3 Å². The molecule has 4 nitrogen and oxygen atoms in total. The van der Waals surface area contributed by atoms with Crippen LogP contribution in [0.25, 0.3) is 0 Å². The molecule has 1 aromatic rings. The Balaban J connectivity index is 2.33. The summed E-state index contributed by atoms with van der Waals surface area (Å²) in [5.74, 6) is -0.218. The first-order valence-corrected chi connectivity index (χ1v) is 6.22. The zero-order valence-electron chi connectivity index (χ0n) is 9.80. The zero-order valence-corrected chi connectivity index (χ0v) is 10.6. The zero-order chi connectivity index (χ0) is 12.7. The monoisotopic (exact) mass is 253 g/mol. The molecule has 1 amide bonds. The lowest BCUT2D eigenvalue weighted by Crippen LogP contribution is -2.20. The van der Waals surface area contributed by atoms with Crippen LogP contribution in [0, 0.1) is 0 Å². The lowest BCUT2D eigenvalue weighted by Gasteiger charge is -2.09. The van der Waals surface area contributed by atoms with E-state index in [1.54, 1.807) is 6.92 Å². The summed E-state index contributed by atoms with van der Waals surface area (Å²) in [4.78, 5) is 22.7. The summed E-state index contributed by atoms with van der Waals surface area (Å²) >= 11 is 1.25. The van der Waals surface area contributed by atoms with Crippen molar-refractivity contribution in [3.05, 3.63) is 30.3 Å². The quantitative estimate of drug-likeness (QED) is 0.815. The summed E-state index contributed by atoms with van der Waals surface area (Å²) in [7, 11) is 1.34. The highest BCUT2D eigenvalue weighted by molar-refractivity contribution is 8.01. The van der Waals surface area contributed by atoms with Crippen molar-refractivity contribution in [2.45, 2.75) is 12.2 Å². The predicted octanol–water partition coefficient (Wildman–Crippen LogP) is 1.92. The molecule has 0 spiro atoms. The van der Waals surface area contributed by atoms with Gasteiger partial charge < -0.3 is 10.1 Å². The summed E-state index contributed by atoms with van der Waals surface area (Å²) < 4.78 is 4.57. The molecule has 0 saturated heterocycles.